The molecule has 19 heavy (non-hydrogen) atoms. The van der Waals surface area contributed by atoms with E-state index in [1.165, 1.54) is 12.1 Å². The summed E-state index contributed by atoms with van der Waals surface area (Å²) in [7, 11) is -3.72. The van der Waals surface area contributed by atoms with Crippen molar-refractivity contribution in [1.82, 2.24) is 4.72 Å². The van der Waals surface area contributed by atoms with E-state index in [1.54, 1.807) is 6.92 Å². The fraction of sp³-hybridized carbons (Fsp3) is 0.333. The van der Waals surface area contributed by atoms with Crippen LogP contribution < -0.4 is 4.72 Å². The number of hydrogen-bond donors (Lipinski definition) is 2. The molecule has 0 aliphatic heterocycles. The van der Waals surface area contributed by atoms with Crippen LogP contribution in [-0.4, -0.2) is 26.7 Å². The van der Waals surface area contributed by atoms with E-state index in [0.29, 0.717) is 12.0 Å². The summed E-state index contributed by atoms with van der Waals surface area (Å²) in [5.41, 5.74) is 0.499. The van der Waals surface area contributed by atoms with Crippen LogP contribution in [0.5, 0.6) is 0 Å². The monoisotopic (exact) mass is 321 g/mol. The van der Waals surface area contributed by atoms with Gasteiger partial charge in [0.15, 0.2) is 0 Å². The van der Waals surface area contributed by atoms with Gasteiger partial charge in [0, 0.05) is 18.5 Å². The van der Waals surface area contributed by atoms with Crippen molar-refractivity contribution in [3.8, 4) is 11.8 Å². The van der Waals surface area contributed by atoms with Crippen LogP contribution in [0.15, 0.2) is 17.0 Å². The van der Waals surface area contributed by atoms with Gasteiger partial charge in [-0.2, -0.15) is 0 Å². The van der Waals surface area contributed by atoms with Crippen molar-refractivity contribution in [3.05, 3.63) is 27.7 Å². The van der Waals surface area contributed by atoms with Crippen LogP contribution in [-0.2, 0) is 10.0 Å². The number of sulfonamides is 1. The van der Waals surface area contributed by atoms with Crippen LogP contribution in [0.1, 0.15) is 18.9 Å². The Labute approximate surface area is 122 Å². The van der Waals surface area contributed by atoms with Crippen molar-refractivity contribution >= 4 is 33.2 Å². The summed E-state index contributed by atoms with van der Waals surface area (Å²) in [6, 6.07) is 2.87. The first-order valence-corrected chi connectivity index (χ1v) is 7.74. The number of halogens is 2. The standard InChI is InChI=1S/C12H13Cl2NO3S/c1-2-15-19(17,18)12-10(13)7-9(8-11(12)14)5-3-4-6-16/h7-8,15-16H,2,4,6H2,1H3. The van der Waals surface area contributed by atoms with Gasteiger partial charge in [-0.25, -0.2) is 13.1 Å². The second-order valence-corrected chi connectivity index (χ2v) is 6.06. The highest BCUT2D eigenvalue weighted by atomic mass is 35.5. The molecule has 0 aliphatic rings. The van der Waals surface area contributed by atoms with Gasteiger partial charge >= 0.3 is 0 Å². The number of hydrogen-bond acceptors (Lipinski definition) is 3. The summed E-state index contributed by atoms with van der Waals surface area (Å²) in [6.07, 6.45) is 0.326. The van der Waals surface area contributed by atoms with Gasteiger partial charge in [-0.15, -0.1) is 0 Å². The third-order valence-electron chi connectivity index (χ3n) is 2.07. The first kappa shape index (κ1) is 16.3. The summed E-state index contributed by atoms with van der Waals surface area (Å²) >= 11 is 11.9. The van der Waals surface area contributed by atoms with Crippen LogP contribution in [0.25, 0.3) is 0 Å². The van der Waals surface area contributed by atoms with E-state index in [2.05, 4.69) is 16.6 Å². The molecule has 0 unspecified atom stereocenters. The zero-order chi connectivity index (χ0) is 14.5. The molecule has 0 spiro atoms. The Bertz CT molecular complexity index is 595. The Kier molecular flexibility index (Phi) is 6.11. The molecule has 1 aromatic carbocycles. The molecule has 0 radical (unpaired) electrons. The number of rotatable bonds is 4. The van der Waals surface area contributed by atoms with Gasteiger partial charge in [-0.05, 0) is 12.1 Å². The van der Waals surface area contributed by atoms with Crippen molar-refractivity contribution in [2.45, 2.75) is 18.2 Å². The maximum atomic E-state index is 11.9. The van der Waals surface area contributed by atoms with Crippen LogP contribution >= 0.6 is 23.2 Å². The fourth-order valence-electron chi connectivity index (χ4n) is 1.37. The van der Waals surface area contributed by atoms with Gasteiger partial charge in [-0.3, -0.25) is 0 Å². The van der Waals surface area contributed by atoms with Crippen molar-refractivity contribution in [1.29, 1.82) is 0 Å². The molecule has 104 valence electrons. The van der Waals surface area contributed by atoms with E-state index in [1.807, 2.05) is 0 Å². The van der Waals surface area contributed by atoms with Crippen LogP contribution in [0.3, 0.4) is 0 Å². The van der Waals surface area contributed by atoms with Gasteiger partial charge < -0.3 is 5.11 Å². The third kappa shape index (κ3) is 4.37. The van der Waals surface area contributed by atoms with Crippen molar-refractivity contribution < 1.29 is 13.5 Å². The summed E-state index contributed by atoms with van der Waals surface area (Å²) in [4.78, 5) is -0.148. The Morgan fingerprint density at radius 3 is 2.37 bits per heavy atom. The SMILES string of the molecule is CCNS(=O)(=O)c1c(Cl)cc(C#CCCO)cc1Cl. The second-order valence-electron chi connectivity index (χ2n) is 3.55. The maximum Gasteiger partial charge on any atom is 0.243 e. The molecule has 4 nitrogen and oxygen atoms in total. The normalized spacial score (nSPS) is 10.9. The van der Waals surface area contributed by atoms with Gasteiger partial charge in [0.1, 0.15) is 4.90 Å². The van der Waals surface area contributed by atoms with Crippen molar-refractivity contribution in [2.24, 2.45) is 0 Å². The van der Waals surface area contributed by atoms with E-state index in [4.69, 9.17) is 28.3 Å². The summed E-state index contributed by atoms with van der Waals surface area (Å²) in [6.45, 7) is 1.86. The fourth-order valence-corrected chi connectivity index (χ4v) is 3.62. The molecule has 1 rings (SSSR count). The highest BCUT2D eigenvalue weighted by Gasteiger charge is 2.21. The Morgan fingerprint density at radius 2 is 1.89 bits per heavy atom. The first-order chi connectivity index (χ1) is 8.92. The Balaban J connectivity index is 3.23. The van der Waals surface area contributed by atoms with Crippen molar-refractivity contribution in [3.63, 3.8) is 0 Å². The third-order valence-corrected chi connectivity index (χ3v) is 4.54. The second kappa shape index (κ2) is 7.13. The largest absolute Gasteiger partial charge is 0.395 e. The van der Waals surface area contributed by atoms with Crippen LogP contribution in [0, 0.1) is 11.8 Å². The highest BCUT2D eigenvalue weighted by Crippen LogP contribution is 2.30. The number of aliphatic hydroxyl groups is 1. The summed E-state index contributed by atoms with van der Waals surface area (Å²) < 4.78 is 26.1. The minimum absolute atomic E-state index is 0.0155. The average Bonchev–Trinajstić information content (AvgIpc) is 2.27. The molecule has 0 atom stereocenters. The van der Waals surface area contributed by atoms with Crippen LogP contribution in [0.2, 0.25) is 10.0 Å². The molecule has 0 saturated heterocycles. The molecule has 2 N–H and O–H groups in total. The van der Waals surface area contributed by atoms with E-state index in [-0.39, 0.29) is 28.1 Å². The Hall–Kier alpha value is -0.770. The molecule has 0 saturated carbocycles. The van der Waals surface area contributed by atoms with Gasteiger partial charge in [-0.1, -0.05) is 42.0 Å². The van der Waals surface area contributed by atoms with Crippen molar-refractivity contribution in [2.75, 3.05) is 13.2 Å². The highest BCUT2D eigenvalue weighted by molar-refractivity contribution is 7.89. The van der Waals surface area contributed by atoms with Gasteiger partial charge in [0.25, 0.3) is 0 Å². The topological polar surface area (TPSA) is 66.4 Å². The smallest absolute Gasteiger partial charge is 0.243 e. The molecule has 0 amide bonds. The predicted octanol–water partition coefficient (Wildman–Crippen LogP) is 2.03. The van der Waals surface area contributed by atoms with E-state index in [0.717, 1.165) is 0 Å². The van der Waals surface area contributed by atoms with E-state index in [9.17, 15) is 8.42 Å². The molecule has 0 aliphatic carbocycles. The summed E-state index contributed by atoms with van der Waals surface area (Å²) in [5, 5.41) is 8.65. The first-order valence-electron chi connectivity index (χ1n) is 5.50. The minimum Gasteiger partial charge on any atom is -0.395 e. The van der Waals surface area contributed by atoms with E-state index < -0.39 is 10.0 Å². The lowest BCUT2D eigenvalue weighted by molar-refractivity contribution is 0.305. The lowest BCUT2D eigenvalue weighted by Crippen LogP contribution is -2.23. The molecular formula is C12H13Cl2NO3S. The minimum atomic E-state index is -3.72. The van der Waals surface area contributed by atoms with E-state index >= 15 is 0 Å². The maximum absolute atomic E-state index is 11.9. The number of aliphatic hydroxyl groups excluding tert-OH is 1. The average molecular weight is 322 g/mol. The lowest BCUT2D eigenvalue weighted by Gasteiger charge is -2.09. The molecule has 0 aromatic heterocycles. The molecule has 7 heteroatoms. The Morgan fingerprint density at radius 1 is 1.32 bits per heavy atom. The van der Waals surface area contributed by atoms with Gasteiger partial charge in [0.2, 0.25) is 10.0 Å². The number of nitrogens with one attached hydrogen (secondary N) is 1. The quantitative estimate of drug-likeness (QED) is 0.834. The molecule has 1 aromatic rings. The number of benzene rings is 1. The molecule has 0 bridgehead atoms. The zero-order valence-corrected chi connectivity index (χ0v) is 12.5. The lowest BCUT2D eigenvalue weighted by atomic mass is 10.2. The van der Waals surface area contributed by atoms with Crippen LogP contribution in [0.4, 0.5) is 0 Å². The van der Waals surface area contributed by atoms with Gasteiger partial charge in [0.05, 0.1) is 16.7 Å². The molecule has 0 heterocycles. The summed E-state index contributed by atoms with van der Waals surface area (Å²) in [5.74, 6) is 5.45. The molecular weight excluding hydrogens is 309 g/mol. The predicted molar refractivity (Wildman–Crippen MR) is 75.9 cm³/mol. The zero-order valence-electron chi connectivity index (χ0n) is 10.2. The molecule has 0 fully saturated rings.